The summed E-state index contributed by atoms with van der Waals surface area (Å²) in [5.41, 5.74) is 7.10. The lowest BCUT2D eigenvalue weighted by Crippen LogP contribution is -1.83. The standard InChI is InChI=1S/C9H7Br2NS/c10-4-6-5-2-1-3-7(11)8(5)13-9(6)12/h1-3H,4,12H2. The van der Waals surface area contributed by atoms with Crippen molar-refractivity contribution in [1.82, 2.24) is 0 Å². The van der Waals surface area contributed by atoms with E-state index in [0.29, 0.717) is 0 Å². The first-order valence-corrected chi connectivity index (χ1v) is 6.48. The lowest BCUT2D eigenvalue weighted by Gasteiger charge is -1.94. The van der Waals surface area contributed by atoms with E-state index in [1.54, 1.807) is 11.3 Å². The number of benzene rings is 1. The fourth-order valence-corrected chi connectivity index (χ4v) is 3.68. The van der Waals surface area contributed by atoms with E-state index in [4.69, 9.17) is 5.73 Å². The number of hydrogen-bond acceptors (Lipinski definition) is 2. The van der Waals surface area contributed by atoms with Gasteiger partial charge in [0.05, 0.1) is 9.70 Å². The molecule has 0 aliphatic heterocycles. The van der Waals surface area contributed by atoms with Crippen LogP contribution in [-0.2, 0) is 5.33 Å². The average molecular weight is 321 g/mol. The summed E-state index contributed by atoms with van der Waals surface area (Å²) in [6.45, 7) is 0. The van der Waals surface area contributed by atoms with Crippen LogP contribution in [0.25, 0.3) is 10.1 Å². The van der Waals surface area contributed by atoms with Gasteiger partial charge in [-0.15, -0.1) is 11.3 Å². The van der Waals surface area contributed by atoms with Crippen LogP contribution in [0, 0.1) is 0 Å². The maximum absolute atomic E-state index is 5.90. The summed E-state index contributed by atoms with van der Waals surface area (Å²) in [6, 6.07) is 6.17. The predicted octanol–water partition coefficient (Wildman–Crippen LogP) is 4.14. The largest absolute Gasteiger partial charge is 0.390 e. The van der Waals surface area contributed by atoms with E-state index in [2.05, 4.69) is 37.9 Å². The van der Waals surface area contributed by atoms with E-state index in [9.17, 15) is 0 Å². The second kappa shape index (κ2) is 3.59. The highest BCUT2D eigenvalue weighted by molar-refractivity contribution is 9.10. The molecule has 1 heterocycles. The molecule has 0 aliphatic rings. The van der Waals surface area contributed by atoms with E-state index in [0.717, 1.165) is 14.8 Å². The van der Waals surface area contributed by atoms with Gasteiger partial charge in [-0.05, 0) is 27.4 Å². The minimum atomic E-state index is 0.815. The molecule has 0 unspecified atom stereocenters. The van der Waals surface area contributed by atoms with Gasteiger partial charge >= 0.3 is 0 Å². The fourth-order valence-electron chi connectivity index (χ4n) is 1.29. The van der Waals surface area contributed by atoms with Gasteiger partial charge in [0.1, 0.15) is 0 Å². The Morgan fingerprint density at radius 2 is 2.15 bits per heavy atom. The molecule has 4 heteroatoms. The third kappa shape index (κ3) is 1.51. The molecule has 0 saturated carbocycles. The van der Waals surface area contributed by atoms with E-state index >= 15 is 0 Å². The molecule has 0 spiro atoms. The molecule has 2 N–H and O–H groups in total. The van der Waals surface area contributed by atoms with Crippen molar-refractivity contribution in [2.45, 2.75) is 5.33 Å². The van der Waals surface area contributed by atoms with Crippen LogP contribution in [0.4, 0.5) is 5.00 Å². The minimum absolute atomic E-state index is 0.815. The number of nitrogens with two attached hydrogens (primary N) is 1. The van der Waals surface area contributed by atoms with Gasteiger partial charge in [0, 0.05) is 15.4 Å². The van der Waals surface area contributed by atoms with E-state index in [1.807, 2.05) is 12.1 Å². The van der Waals surface area contributed by atoms with Crippen molar-refractivity contribution in [2.75, 3.05) is 5.73 Å². The van der Waals surface area contributed by atoms with Gasteiger partial charge in [-0.3, -0.25) is 0 Å². The molecule has 0 atom stereocenters. The van der Waals surface area contributed by atoms with Crippen molar-refractivity contribution in [3.63, 3.8) is 0 Å². The number of thiophene rings is 1. The van der Waals surface area contributed by atoms with E-state index in [1.165, 1.54) is 15.6 Å². The van der Waals surface area contributed by atoms with Crippen molar-refractivity contribution >= 4 is 58.3 Å². The van der Waals surface area contributed by atoms with Crippen molar-refractivity contribution in [1.29, 1.82) is 0 Å². The summed E-state index contributed by atoms with van der Waals surface area (Å²) in [6.07, 6.45) is 0. The number of nitrogen functional groups attached to an aromatic ring is 1. The molecule has 1 aromatic carbocycles. The first-order valence-electron chi connectivity index (χ1n) is 3.75. The number of rotatable bonds is 1. The molecule has 0 saturated heterocycles. The number of alkyl halides is 1. The van der Waals surface area contributed by atoms with Crippen molar-refractivity contribution in [3.05, 3.63) is 28.2 Å². The van der Waals surface area contributed by atoms with Crippen molar-refractivity contribution in [3.8, 4) is 0 Å². The first-order chi connectivity index (χ1) is 6.24. The second-order valence-corrected chi connectivity index (χ2v) is 5.16. The average Bonchev–Trinajstić information content (AvgIpc) is 2.43. The Labute approximate surface area is 97.2 Å². The van der Waals surface area contributed by atoms with Crippen LogP contribution in [0.2, 0.25) is 0 Å². The summed E-state index contributed by atoms with van der Waals surface area (Å²) in [4.78, 5) is 0. The third-order valence-corrected chi connectivity index (χ3v) is 4.53. The Balaban J connectivity index is 2.86. The Morgan fingerprint density at radius 3 is 2.85 bits per heavy atom. The predicted molar refractivity (Wildman–Crippen MR) is 66.6 cm³/mol. The number of anilines is 1. The maximum Gasteiger partial charge on any atom is 0.0910 e. The highest BCUT2D eigenvalue weighted by atomic mass is 79.9. The lowest BCUT2D eigenvalue weighted by molar-refractivity contribution is 1.54. The van der Waals surface area contributed by atoms with Crippen LogP contribution in [-0.4, -0.2) is 0 Å². The molecule has 0 bridgehead atoms. The van der Waals surface area contributed by atoms with Gasteiger partial charge in [0.15, 0.2) is 0 Å². The molecular formula is C9H7Br2NS. The first kappa shape index (κ1) is 9.49. The summed E-state index contributed by atoms with van der Waals surface area (Å²) in [5.74, 6) is 0. The normalized spacial score (nSPS) is 10.9. The van der Waals surface area contributed by atoms with E-state index in [-0.39, 0.29) is 0 Å². The van der Waals surface area contributed by atoms with Gasteiger partial charge in [-0.1, -0.05) is 28.1 Å². The summed E-state index contributed by atoms with van der Waals surface area (Å²) >= 11 is 8.59. The number of fused-ring (bicyclic) bond motifs is 1. The zero-order valence-corrected chi connectivity index (χ0v) is 10.7. The zero-order valence-electron chi connectivity index (χ0n) is 6.68. The molecule has 2 aromatic rings. The second-order valence-electron chi connectivity index (χ2n) is 2.70. The molecule has 0 radical (unpaired) electrons. The number of halogens is 2. The van der Waals surface area contributed by atoms with Gasteiger partial charge in [-0.2, -0.15) is 0 Å². The molecule has 1 nitrogen and oxygen atoms in total. The molecule has 1 aromatic heterocycles. The Morgan fingerprint density at radius 1 is 1.38 bits per heavy atom. The highest BCUT2D eigenvalue weighted by Gasteiger charge is 2.09. The van der Waals surface area contributed by atoms with E-state index < -0.39 is 0 Å². The highest BCUT2D eigenvalue weighted by Crippen LogP contribution is 2.38. The Kier molecular flexibility index (Phi) is 2.62. The maximum atomic E-state index is 5.90. The molecule has 0 aliphatic carbocycles. The van der Waals surface area contributed by atoms with Gasteiger partial charge in [0.25, 0.3) is 0 Å². The van der Waals surface area contributed by atoms with Crippen molar-refractivity contribution < 1.29 is 0 Å². The topological polar surface area (TPSA) is 26.0 Å². The smallest absolute Gasteiger partial charge is 0.0910 e. The van der Waals surface area contributed by atoms with Crippen LogP contribution < -0.4 is 5.73 Å². The SMILES string of the molecule is Nc1sc2c(Br)cccc2c1CBr. The van der Waals surface area contributed by atoms with Gasteiger partial charge in [-0.25, -0.2) is 0 Å². The van der Waals surface area contributed by atoms with Crippen LogP contribution in [0.1, 0.15) is 5.56 Å². The molecule has 0 fully saturated rings. The third-order valence-electron chi connectivity index (χ3n) is 1.94. The molecular weight excluding hydrogens is 314 g/mol. The monoisotopic (exact) mass is 319 g/mol. The van der Waals surface area contributed by atoms with Crippen LogP contribution in [0.3, 0.4) is 0 Å². The van der Waals surface area contributed by atoms with Crippen LogP contribution in [0.5, 0.6) is 0 Å². The summed E-state index contributed by atoms with van der Waals surface area (Å²) in [7, 11) is 0. The Hall–Kier alpha value is -0.0600. The summed E-state index contributed by atoms with van der Waals surface area (Å²) < 4.78 is 2.35. The van der Waals surface area contributed by atoms with Crippen molar-refractivity contribution in [2.24, 2.45) is 0 Å². The molecule has 68 valence electrons. The van der Waals surface area contributed by atoms with Gasteiger partial charge in [0.2, 0.25) is 0 Å². The molecule has 13 heavy (non-hydrogen) atoms. The quantitative estimate of drug-likeness (QED) is 0.785. The van der Waals surface area contributed by atoms with Crippen LogP contribution in [0.15, 0.2) is 22.7 Å². The summed E-state index contributed by atoms with van der Waals surface area (Å²) in [5, 5.41) is 2.96. The van der Waals surface area contributed by atoms with Crippen LogP contribution >= 0.6 is 43.2 Å². The Bertz CT molecular complexity index is 450. The molecule has 2 rings (SSSR count). The number of hydrogen-bond donors (Lipinski definition) is 1. The van der Waals surface area contributed by atoms with Gasteiger partial charge < -0.3 is 5.73 Å². The minimum Gasteiger partial charge on any atom is -0.390 e. The zero-order chi connectivity index (χ0) is 9.42. The molecule has 0 amide bonds. The lowest BCUT2D eigenvalue weighted by atomic mass is 10.2. The fraction of sp³-hybridized carbons (Fsp3) is 0.111.